The maximum atomic E-state index is 13.8. The summed E-state index contributed by atoms with van der Waals surface area (Å²) >= 11 is 0. The van der Waals surface area contributed by atoms with Gasteiger partial charge in [-0.15, -0.1) is 0 Å². The molecule has 1 aromatic carbocycles. The number of benzene rings is 1. The van der Waals surface area contributed by atoms with Gasteiger partial charge in [-0.1, -0.05) is 25.1 Å². The third-order valence-corrected chi connectivity index (χ3v) is 4.39. The van der Waals surface area contributed by atoms with Crippen molar-refractivity contribution in [3.05, 3.63) is 35.6 Å². The van der Waals surface area contributed by atoms with Crippen molar-refractivity contribution in [1.29, 1.82) is 0 Å². The van der Waals surface area contributed by atoms with E-state index in [-0.39, 0.29) is 30.6 Å². The second kappa shape index (κ2) is 7.30. The number of alkyl halides is 2. The molecule has 1 unspecified atom stereocenters. The Morgan fingerprint density at radius 2 is 1.90 bits per heavy atom. The van der Waals surface area contributed by atoms with E-state index in [9.17, 15) is 13.2 Å². The van der Waals surface area contributed by atoms with Crippen LogP contribution in [0.5, 0.6) is 0 Å². The molecule has 0 spiro atoms. The van der Waals surface area contributed by atoms with E-state index in [2.05, 4.69) is 12.2 Å². The summed E-state index contributed by atoms with van der Waals surface area (Å²) in [5.41, 5.74) is 0.670. The van der Waals surface area contributed by atoms with Crippen LogP contribution >= 0.6 is 0 Å². The van der Waals surface area contributed by atoms with Crippen LogP contribution in [-0.2, 0) is 6.42 Å². The molecule has 118 valence electrons. The summed E-state index contributed by atoms with van der Waals surface area (Å²) in [7, 11) is 0. The smallest absolute Gasteiger partial charge is 0.248 e. The molecule has 1 fully saturated rings. The van der Waals surface area contributed by atoms with Crippen LogP contribution in [0.4, 0.5) is 13.2 Å². The molecule has 0 bridgehead atoms. The molecule has 2 rings (SSSR count). The van der Waals surface area contributed by atoms with Crippen LogP contribution in [-0.4, -0.2) is 18.5 Å². The molecule has 1 atom stereocenters. The van der Waals surface area contributed by atoms with Gasteiger partial charge in [0.15, 0.2) is 0 Å². The Labute approximate surface area is 124 Å². The van der Waals surface area contributed by atoms with Crippen LogP contribution < -0.4 is 5.32 Å². The van der Waals surface area contributed by atoms with Gasteiger partial charge in [-0.05, 0) is 49.8 Å². The average Bonchev–Trinajstić information content (AvgIpc) is 2.46. The molecule has 0 amide bonds. The first-order chi connectivity index (χ1) is 10.0. The molecule has 0 heterocycles. The lowest BCUT2D eigenvalue weighted by molar-refractivity contribution is -0.0495. The summed E-state index contributed by atoms with van der Waals surface area (Å²) in [5, 5.41) is 3.43. The van der Waals surface area contributed by atoms with E-state index in [1.54, 1.807) is 12.1 Å². The van der Waals surface area contributed by atoms with Crippen LogP contribution in [0.25, 0.3) is 0 Å². The average molecular weight is 299 g/mol. The lowest BCUT2D eigenvalue weighted by atomic mass is 9.80. The third-order valence-electron chi connectivity index (χ3n) is 4.39. The third kappa shape index (κ3) is 4.73. The van der Waals surface area contributed by atoms with E-state index in [1.165, 1.54) is 6.07 Å². The Morgan fingerprint density at radius 1 is 1.24 bits per heavy atom. The van der Waals surface area contributed by atoms with Crippen molar-refractivity contribution in [3.8, 4) is 0 Å². The molecule has 0 radical (unpaired) electrons. The Bertz CT molecular complexity index is 437. The quantitative estimate of drug-likeness (QED) is 0.812. The zero-order valence-electron chi connectivity index (χ0n) is 12.5. The summed E-state index contributed by atoms with van der Waals surface area (Å²) in [5.74, 6) is -2.51. The van der Waals surface area contributed by atoms with E-state index in [0.29, 0.717) is 24.8 Å². The molecule has 0 aliphatic heterocycles. The van der Waals surface area contributed by atoms with Crippen molar-refractivity contribution >= 4 is 0 Å². The van der Waals surface area contributed by atoms with Gasteiger partial charge in [0.2, 0.25) is 5.92 Å². The summed E-state index contributed by atoms with van der Waals surface area (Å²) in [6.45, 7) is 2.91. The number of rotatable bonds is 6. The molecule has 1 aliphatic carbocycles. The number of hydrogen-bond acceptors (Lipinski definition) is 1. The lowest BCUT2D eigenvalue weighted by Gasteiger charge is -2.34. The molecule has 21 heavy (non-hydrogen) atoms. The zero-order valence-corrected chi connectivity index (χ0v) is 12.5. The molecule has 1 saturated carbocycles. The van der Waals surface area contributed by atoms with Crippen molar-refractivity contribution in [2.24, 2.45) is 5.92 Å². The Kier molecular flexibility index (Phi) is 5.68. The van der Waals surface area contributed by atoms with Gasteiger partial charge in [0.25, 0.3) is 0 Å². The first-order valence-corrected chi connectivity index (χ1v) is 7.86. The number of nitrogens with one attached hydrogen (secondary N) is 1. The molecule has 0 saturated heterocycles. The normalized spacial score (nSPS) is 20.4. The van der Waals surface area contributed by atoms with Gasteiger partial charge in [-0.2, -0.15) is 0 Å². The van der Waals surface area contributed by atoms with Crippen molar-refractivity contribution < 1.29 is 13.2 Å². The Balaban J connectivity index is 2.03. The molecule has 0 aromatic heterocycles. The fourth-order valence-electron chi connectivity index (χ4n) is 3.10. The van der Waals surface area contributed by atoms with Gasteiger partial charge < -0.3 is 5.32 Å². The van der Waals surface area contributed by atoms with E-state index in [4.69, 9.17) is 0 Å². The maximum absolute atomic E-state index is 13.8. The van der Waals surface area contributed by atoms with Crippen LogP contribution in [0.3, 0.4) is 0 Å². The molecule has 1 aromatic rings. The number of hydrogen-bond donors (Lipinski definition) is 1. The van der Waals surface area contributed by atoms with Crippen molar-refractivity contribution in [2.75, 3.05) is 6.54 Å². The highest BCUT2D eigenvalue weighted by Crippen LogP contribution is 2.38. The second-order valence-corrected chi connectivity index (χ2v) is 6.05. The molecule has 1 N–H and O–H groups in total. The maximum Gasteiger partial charge on any atom is 0.248 e. The van der Waals surface area contributed by atoms with E-state index < -0.39 is 5.92 Å². The Morgan fingerprint density at radius 3 is 2.52 bits per heavy atom. The highest BCUT2D eigenvalue weighted by molar-refractivity contribution is 5.18. The molecular formula is C17H24F3N. The zero-order chi connectivity index (χ0) is 15.3. The lowest BCUT2D eigenvalue weighted by Crippen LogP contribution is -2.42. The minimum absolute atomic E-state index is 0.0424. The van der Waals surface area contributed by atoms with Crippen LogP contribution in [0, 0.1) is 11.7 Å². The first kappa shape index (κ1) is 16.3. The van der Waals surface area contributed by atoms with Gasteiger partial charge >= 0.3 is 0 Å². The minimum Gasteiger partial charge on any atom is -0.313 e. The molecular weight excluding hydrogens is 275 g/mol. The fraction of sp³-hybridized carbons (Fsp3) is 0.647. The SMILES string of the molecule is CCCNC(Cc1ccccc1F)C1CCC(F)(F)CC1. The monoisotopic (exact) mass is 299 g/mol. The second-order valence-electron chi connectivity index (χ2n) is 6.05. The topological polar surface area (TPSA) is 12.0 Å². The van der Waals surface area contributed by atoms with Crippen molar-refractivity contribution in [1.82, 2.24) is 5.32 Å². The highest BCUT2D eigenvalue weighted by atomic mass is 19.3. The standard InChI is InChI=1S/C17H24F3N/c1-2-11-21-16(12-14-5-3-4-6-15(14)18)13-7-9-17(19,20)10-8-13/h3-6,13,16,21H,2,7-12H2,1H3. The number of halogens is 3. The van der Waals surface area contributed by atoms with E-state index >= 15 is 0 Å². The van der Waals surface area contributed by atoms with Crippen LogP contribution in [0.2, 0.25) is 0 Å². The molecule has 1 nitrogen and oxygen atoms in total. The summed E-state index contributed by atoms with van der Waals surface area (Å²) in [6, 6.07) is 6.82. The summed E-state index contributed by atoms with van der Waals surface area (Å²) < 4.78 is 40.4. The van der Waals surface area contributed by atoms with Crippen molar-refractivity contribution in [2.45, 2.75) is 57.4 Å². The van der Waals surface area contributed by atoms with Gasteiger partial charge in [-0.3, -0.25) is 0 Å². The summed E-state index contributed by atoms with van der Waals surface area (Å²) in [6.07, 6.45) is 2.50. The molecule has 4 heteroatoms. The van der Waals surface area contributed by atoms with Gasteiger partial charge in [-0.25, -0.2) is 13.2 Å². The predicted octanol–water partition coefficient (Wildman–Crippen LogP) is 4.56. The summed E-state index contributed by atoms with van der Waals surface area (Å²) in [4.78, 5) is 0. The van der Waals surface area contributed by atoms with E-state index in [1.807, 2.05) is 6.07 Å². The minimum atomic E-state index is -2.51. The van der Waals surface area contributed by atoms with Gasteiger partial charge in [0, 0.05) is 18.9 Å². The van der Waals surface area contributed by atoms with Crippen LogP contribution in [0.15, 0.2) is 24.3 Å². The van der Waals surface area contributed by atoms with Gasteiger partial charge in [0.05, 0.1) is 0 Å². The predicted molar refractivity (Wildman–Crippen MR) is 79.1 cm³/mol. The first-order valence-electron chi connectivity index (χ1n) is 7.86. The van der Waals surface area contributed by atoms with E-state index in [0.717, 1.165) is 13.0 Å². The Hall–Kier alpha value is -1.03. The van der Waals surface area contributed by atoms with Crippen LogP contribution in [0.1, 0.15) is 44.6 Å². The fourth-order valence-corrected chi connectivity index (χ4v) is 3.10. The van der Waals surface area contributed by atoms with Gasteiger partial charge in [0.1, 0.15) is 5.82 Å². The highest BCUT2D eigenvalue weighted by Gasteiger charge is 2.37. The molecule has 1 aliphatic rings. The van der Waals surface area contributed by atoms with Crippen molar-refractivity contribution in [3.63, 3.8) is 0 Å². The largest absolute Gasteiger partial charge is 0.313 e.